The highest BCUT2D eigenvalue weighted by Crippen LogP contribution is 2.31. The van der Waals surface area contributed by atoms with Crippen LogP contribution in [0.5, 0.6) is 0 Å². The van der Waals surface area contributed by atoms with Crippen LogP contribution in [-0.4, -0.2) is 42.6 Å². The van der Waals surface area contributed by atoms with Gasteiger partial charge in [-0.05, 0) is 44.1 Å². The second kappa shape index (κ2) is 9.98. The lowest BCUT2D eigenvalue weighted by atomic mass is 9.93. The molecule has 9 heteroatoms. The zero-order chi connectivity index (χ0) is 18.9. The molecule has 1 aromatic carbocycles. The van der Waals surface area contributed by atoms with Gasteiger partial charge in [-0.3, -0.25) is 4.79 Å². The average Bonchev–Trinajstić information content (AvgIpc) is 2.83. The lowest BCUT2D eigenvalue weighted by Gasteiger charge is -2.27. The largest absolute Gasteiger partial charge is 0.324 e. The Balaban J connectivity index is 0.00000196. The highest BCUT2D eigenvalue weighted by atomic mass is 35.5. The van der Waals surface area contributed by atoms with Gasteiger partial charge in [-0.1, -0.05) is 24.3 Å². The summed E-state index contributed by atoms with van der Waals surface area (Å²) >= 11 is 0. The first-order chi connectivity index (χ1) is 12.4. The first-order valence-corrected chi connectivity index (χ1v) is 10.4. The molecule has 1 aliphatic rings. The minimum absolute atomic E-state index is 0. The van der Waals surface area contributed by atoms with E-state index in [1.807, 2.05) is 32.0 Å². The number of halogens is 2. The van der Waals surface area contributed by atoms with Crippen molar-refractivity contribution in [2.45, 2.75) is 44.2 Å². The molecule has 1 saturated heterocycles. The van der Waals surface area contributed by atoms with Gasteiger partial charge in [0.05, 0.1) is 6.54 Å². The zero-order valence-corrected chi connectivity index (χ0v) is 18.4. The second-order valence-corrected chi connectivity index (χ2v) is 8.81. The van der Waals surface area contributed by atoms with Crippen molar-refractivity contribution in [2.24, 2.45) is 11.7 Å². The number of fused-ring (bicyclic) bond motifs is 1. The number of Topliss-reactive ketones (excluding diaryl/α,β-unsaturated/α-hetero) is 1. The molecule has 0 spiro atoms. The van der Waals surface area contributed by atoms with E-state index >= 15 is 0 Å². The normalized spacial score (nSPS) is 20.7. The van der Waals surface area contributed by atoms with Crippen LogP contribution in [0.4, 0.5) is 0 Å². The van der Waals surface area contributed by atoms with E-state index in [-0.39, 0.29) is 54.1 Å². The van der Waals surface area contributed by atoms with Gasteiger partial charge in [-0.25, -0.2) is 13.4 Å². The average molecular weight is 448 g/mol. The molecule has 28 heavy (non-hydrogen) atoms. The van der Waals surface area contributed by atoms with Crippen molar-refractivity contribution >= 4 is 51.4 Å². The fourth-order valence-electron chi connectivity index (χ4n) is 3.80. The number of nitrogens with two attached hydrogens (primary N) is 1. The molecule has 6 nitrogen and oxygen atoms in total. The Morgan fingerprint density at radius 3 is 2.54 bits per heavy atom. The van der Waals surface area contributed by atoms with E-state index in [0.717, 1.165) is 10.9 Å². The number of rotatable bonds is 4. The zero-order valence-electron chi connectivity index (χ0n) is 16.0. The number of ketones is 1. The molecule has 0 amide bonds. The molecule has 1 aliphatic heterocycles. The van der Waals surface area contributed by atoms with Crippen molar-refractivity contribution in [2.75, 3.05) is 13.1 Å². The predicted molar refractivity (Wildman–Crippen MR) is 116 cm³/mol. The van der Waals surface area contributed by atoms with E-state index in [2.05, 4.69) is 4.98 Å². The van der Waals surface area contributed by atoms with E-state index in [1.165, 1.54) is 4.31 Å². The number of benzene rings is 1. The van der Waals surface area contributed by atoms with Crippen LogP contribution in [0.25, 0.3) is 10.8 Å². The van der Waals surface area contributed by atoms with E-state index in [0.29, 0.717) is 31.2 Å². The third-order valence-corrected chi connectivity index (χ3v) is 7.19. The first kappa shape index (κ1) is 24.8. The van der Waals surface area contributed by atoms with Gasteiger partial charge in [0, 0.05) is 30.1 Å². The molecule has 1 aromatic heterocycles. The van der Waals surface area contributed by atoms with E-state index in [4.69, 9.17) is 5.73 Å². The van der Waals surface area contributed by atoms with Crippen molar-refractivity contribution in [3.05, 3.63) is 36.0 Å². The summed E-state index contributed by atoms with van der Waals surface area (Å²) < 4.78 is 28.3. The van der Waals surface area contributed by atoms with Gasteiger partial charge in [-0.2, -0.15) is 4.31 Å². The highest BCUT2D eigenvalue weighted by molar-refractivity contribution is 7.89. The Hall–Kier alpha value is -1.25. The van der Waals surface area contributed by atoms with Crippen LogP contribution in [0.15, 0.2) is 35.5 Å². The van der Waals surface area contributed by atoms with Crippen LogP contribution in [0, 0.1) is 12.8 Å². The monoisotopic (exact) mass is 447 g/mol. The Bertz CT molecular complexity index is 937. The number of aromatic nitrogens is 1. The molecular formula is C19H27Cl2N3O3S. The number of carbonyl (C=O) groups is 1. The minimum atomic E-state index is -3.75. The molecule has 2 unspecified atom stereocenters. The van der Waals surface area contributed by atoms with E-state index < -0.39 is 10.0 Å². The molecule has 156 valence electrons. The lowest BCUT2D eigenvalue weighted by Crippen LogP contribution is -2.39. The van der Waals surface area contributed by atoms with Gasteiger partial charge in [0.1, 0.15) is 5.78 Å². The van der Waals surface area contributed by atoms with Gasteiger partial charge in [-0.15, -0.1) is 24.8 Å². The molecule has 0 bridgehead atoms. The van der Waals surface area contributed by atoms with Crippen LogP contribution < -0.4 is 5.73 Å². The number of sulfonamides is 1. The van der Waals surface area contributed by atoms with Crippen molar-refractivity contribution in [3.8, 4) is 0 Å². The topological polar surface area (TPSA) is 93.4 Å². The van der Waals surface area contributed by atoms with Gasteiger partial charge >= 0.3 is 0 Å². The maximum absolute atomic E-state index is 13.4. The maximum Gasteiger partial charge on any atom is 0.261 e. The summed E-state index contributed by atoms with van der Waals surface area (Å²) in [6.45, 7) is 4.18. The third kappa shape index (κ3) is 4.66. The van der Waals surface area contributed by atoms with Gasteiger partial charge < -0.3 is 5.73 Å². The fourth-order valence-corrected chi connectivity index (χ4v) is 5.60. The number of hydrogen-bond acceptors (Lipinski definition) is 5. The second-order valence-electron chi connectivity index (χ2n) is 7.00. The molecule has 1 fully saturated rings. The Kier molecular flexibility index (Phi) is 8.84. The molecule has 3 rings (SSSR count). The summed E-state index contributed by atoms with van der Waals surface area (Å²) in [5.41, 5.74) is 6.44. The summed E-state index contributed by atoms with van der Waals surface area (Å²) in [6.07, 6.45) is 3.43. The predicted octanol–water partition coefficient (Wildman–Crippen LogP) is 3.09. The maximum atomic E-state index is 13.4. The summed E-state index contributed by atoms with van der Waals surface area (Å²) in [5.74, 6) is -0.159. The van der Waals surface area contributed by atoms with Crippen molar-refractivity contribution in [3.63, 3.8) is 0 Å². The standard InChI is InChI=1S/C19H25N3O3S.2ClH/c1-13-12-21-19(17-8-4-3-7-16(13)17)26(24,25)22-9-5-6-15(10-14(22)2)18(23)11-20;;/h3-4,7-8,12,14-15H,5-6,9-11,20H2,1-2H3;2*1H. The van der Waals surface area contributed by atoms with E-state index in [1.54, 1.807) is 12.3 Å². The number of nitrogens with zero attached hydrogens (tertiary/aromatic N) is 2. The van der Waals surface area contributed by atoms with Crippen molar-refractivity contribution in [1.82, 2.24) is 9.29 Å². The smallest absolute Gasteiger partial charge is 0.261 e. The minimum Gasteiger partial charge on any atom is -0.324 e. The highest BCUT2D eigenvalue weighted by Gasteiger charge is 2.35. The van der Waals surface area contributed by atoms with Crippen molar-refractivity contribution in [1.29, 1.82) is 0 Å². The SMILES string of the molecule is Cc1cnc(S(=O)(=O)N2CCCC(C(=O)CN)CC2C)c2ccccc12.Cl.Cl. The quantitative estimate of drug-likeness (QED) is 0.776. The summed E-state index contributed by atoms with van der Waals surface area (Å²) in [7, 11) is -3.75. The van der Waals surface area contributed by atoms with Gasteiger partial charge in [0.15, 0.2) is 5.03 Å². The molecular weight excluding hydrogens is 421 g/mol. The first-order valence-electron chi connectivity index (χ1n) is 8.95. The number of hydrogen-bond donors (Lipinski definition) is 1. The molecule has 0 saturated carbocycles. The molecule has 2 aromatic rings. The van der Waals surface area contributed by atoms with Gasteiger partial charge in [0.25, 0.3) is 10.0 Å². The van der Waals surface area contributed by atoms with E-state index in [9.17, 15) is 13.2 Å². The lowest BCUT2D eigenvalue weighted by molar-refractivity contribution is -0.122. The molecule has 0 aliphatic carbocycles. The molecule has 2 heterocycles. The van der Waals surface area contributed by atoms with Crippen LogP contribution in [0.2, 0.25) is 0 Å². The molecule has 0 radical (unpaired) electrons. The van der Waals surface area contributed by atoms with Crippen LogP contribution in [0.3, 0.4) is 0 Å². The third-order valence-electron chi connectivity index (χ3n) is 5.22. The fraction of sp³-hybridized carbons (Fsp3) is 0.474. The number of aryl methyl sites for hydroxylation is 1. The number of pyridine rings is 1. The Morgan fingerprint density at radius 2 is 1.89 bits per heavy atom. The number of carbonyl (C=O) groups excluding carboxylic acids is 1. The molecule has 2 N–H and O–H groups in total. The summed E-state index contributed by atoms with van der Waals surface area (Å²) in [6, 6.07) is 7.15. The van der Waals surface area contributed by atoms with Crippen LogP contribution in [0.1, 0.15) is 31.7 Å². The van der Waals surface area contributed by atoms with Crippen molar-refractivity contribution < 1.29 is 13.2 Å². The van der Waals surface area contributed by atoms with Crippen LogP contribution >= 0.6 is 24.8 Å². The summed E-state index contributed by atoms with van der Waals surface area (Å²) in [4.78, 5) is 16.3. The summed E-state index contributed by atoms with van der Waals surface area (Å²) in [5, 5.41) is 1.62. The van der Waals surface area contributed by atoms with Gasteiger partial charge in [0.2, 0.25) is 0 Å². The Morgan fingerprint density at radius 1 is 1.25 bits per heavy atom. The Labute approximate surface area is 178 Å². The van der Waals surface area contributed by atoms with Crippen LogP contribution in [-0.2, 0) is 14.8 Å². The molecule has 2 atom stereocenters.